The highest BCUT2D eigenvalue weighted by Crippen LogP contribution is 2.12. The molecule has 96 valence electrons. The fourth-order valence-corrected chi connectivity index (χ4v) is 1.77. The highest BCUT2D eigenvalue weighted by Gasteiger charge is 2.20. The number of unbranched alkanes of at least 4 members (excludes halogenated alkanes) is 1. The zero-order valence-electron chi connectivity index (χ0n) is 10.6. The van der Waals surface area contributed by atoms with Crippen LogP contribution in [0.2, 0.25) is 0 Å². The van der Waals surface area contributed by atoms with E-state index in [0.29, 0.717) is 5.69 Å². The fraction of sp³-hybridized carbons (Fsp3) is 0.667. The van der Waals surface area contributed by atoms with Gasteiger partial charge in [-0.25, -0.2) is 4.79 Å². The average molecular weight is 303 g/mol. The first-order valence-corrected chi connectivity index (χ1v) is 6.87. The van der Waals surface area contributed by atoms with Crippen molar-refractivity contribution in [2.24, 2.45) is 0 Å². The molecule has 0 saturated carbocycles. The van der Waals surface area contributed by atoms with Gasteiger partial charge >= 0.3 is 5.97 Å². The minimum absolute atomic E-state index is 0.311. The molecule has 5 heteroatoms. The number of nitrogens with zero attached hydrogens (tertiary/aromatic N) is 2. The van der Waals surface area contributed by atoms with E-state index in [9.17, 15) is 4.79 Å². The molecule has 1 rings (SSSR count). The van der Waals surface area contributed by atoms with Crippen LogP contribution in [-0.4, -0.2) is 26.7 Å². The molecule has 1 aromatic heterocycles. The van der Waals surface area contributed by atoms with Gasteiger partial charge in [0.15, 0.2) is 0 Å². The summed E-state index contributed by atoms with van der Waals surface area (Å²) < 4.78 is 7.03. The first-order valence-electron chi connectivity index (χ1n) is 5.75. The number of hydrogen-bond donors (Lipinski definition) is 0. The highest BCUT2D eigenvalue weighted by molar-refractivity contribution is 9.09. The molecule has 0 aliphatic heterocycles. The van der Waals surface area contributed by atoms with E-state index in [1.807, 2.05) is 20.8 Å². The lowest BCUT2D eigenvalue weighted by atomic mass is 10.2. The average Bonchev–Trinajstić information content (AvgIpc) is 2.64. The summed E-state index contributed by atoms with van der Waals surface area (Å²) in [6.07, 6.45) is 3.68. The lowest BCUT2D eigenvalue weighted by molar-refractivity contribution is 0.00558. The van der Waals surface area contributed by atoms with E-state index >= 15 is 0 Å². The Morgan fingerprint density at radius 3 is 2.76 bits per heavy atom. The first-order chi connectivity index (χ1) is 7.94. The number of carbonyl (C=O) groups is 1. The topological polar surface area (TPSA) is 44.1 Å². The second-order valence-corrected chi connectivity index (χ2v) is 5.63. The van der Waals surface area contributed by atoms with Gasteiger partial charge in [0, 0.05) is 18.1 Å². The van der Waals surface area contributed by atoms with Gasteiger partial charge < -0.3 is 4.74 Å². The molecule has 0 amide bonds. The zero-order valence-corrected chi connectivity index (χ0v) is 12.2. The monoisotopic (exact) mass is 302 g/mol. The molecule has 17 heavy (non-hydrogen) atoms. The normalized spacial score (nSPS) is 11.5. The van der Waals surface area contributed by atoms with Crippen molar-refractivity contribution >= 4 is 21.9 Å². The predicted molar refractivity (Wildman–Crippen MR) is 70.4 cm³/mol. The molecule has 0 spiro atoms. The van der Waals surface area contributed by atoms with Crippen molar-refractivity contribution in [3.63, 3.8) is 0 Å². The minimum Gasteiger partial charge on any atom is -0.455 e. The molecule has 0 aliphatic rings. The van der Waals surface area contributed by atoms with E-state index in [1.165, 1.54) is 0 Å². The summed E-state index contributed by atoms with van der Waals surface area (Å²) in [4.78, 5) is 11.9. The lowest BCUT2D eigenvalue weighted by Gasteiger charge is -2.19. The Bertz CT molecular complexity index is 369. The number of ether oxygens (including phenoxy) is 1. The summed E-state index contributed by atoms with van der Waals surface area (Å²) in [5.74, 6) is -0.311. The van der Waals surface area contributed by atoms with E-state index in [-0.39, 0.29) is 5.97 Å². The Hall–Kier alpha value is -0.840. The largest absolute Gasteiger partial charge is 0.455 e. The Morgan fingerprint density at radius 2 is 2.18 bits per heavy atom. The van der Waals surface area contributed by atoms with Gasteiger partial charge in [-0.2, -0.15) is 5.10 Å². The maximum absolute atomic E-state index is 11.9. The lowest BCUT2D eigenvalue weighted by Crippen LogP contribution is -2.25. The Balaban J connectivity index is 2.64. The van der Waals surface area contributed by atoms with Crippen LogP contribution in [0.25, 0.3) is 0 Å². The van der Waals surface area contributed by atoms with E-state index in [2.05, 4.69) is 21.0 Å². The van der Waals surface area contributed by atoms with Crippen molar-refractivity contribution in [2.45, 2.75) is 45.8 Å². The fourth-order valence-electron chi connectivity index (χ4n) is 1.37. The summed E-state index contributed by atoms with van der Waals surface area (Å²) >= 11 is 3.38. The Labute approximate surface area is 110 Å². The van der Waals surface area contributed by atoms with Gasteiger partial charge in [-0.15, -0.1) is 0 Å². The van der Waals surface area contributed by atoms with Crippen LogP contribution in [0.4, 0.5) is 0 Å². The van der Waals surface area contributed by atoms with Crippen LogP contribution >= 0.6 is 15.9 Å². The van der Waals surface area contributed by atoms with E-state index in [1.54, 1.807) is 16.9 Å². The molecule has 0 radical (unpaired) electrons. The molecule has 0 bridgehead atoms. The number of carbonyl (C=O) groups excluding carboxylic acids is 1. The van der Waals surface area contributed by atoms with Crippen LogP contribution in [-0.2, 0) is 11.3 Å². The number of aryl methyl sites for hydroxylation is 1. The number of halogens is 1. The van der Waals surface area contributed by atoms with Gasteiger partial charge in [-0.1, -0.05) is 15.9 Å². The molecule has 1 aromatic rings. The van der Waals surface area contributed by atoms with Crippen molar-refractivity contribution in [3.05, 3.63) is 18.0 Å². The van der Waals surface area contributed by atoms with Gasteiger partial charge in [0.05, 0.1) is 0 Å². The van der Waals surface area contributed by atoms with Gasteiger partial charge in [0.1, 0.15) is 11.3 Å². The molecule has 0 unspecified atom stereocenters. The van der Waals surface area contributed by atoms with Gasteiger partial charge in [-0.05, 0) is 39.7 Å². The van der Waals surface area contributed by atoms with Crippen LogP contribution in [0.5, 0.6) is 0 Å². The van der Waals surface area contributed by atoms with Crippen molar-refractivity contribution in [3.8, 4) is 0 Å². The second-order valence-electron chi connectivity index (χ2n) is 4.84. The second kappa shape index (κ2) is 6.19. The third-order valence-corrected chi connectivity index (χ3v) is 2.64. The summed E-state index contributed by atoms with van der Waals surface area (Å²) in [6.45, 7) is 6.32. The number of hydrogen-bond acceptors (Lipinski definition) is 3. The van der Waals surface area contributed by atoms with Gasteiger partial charge in [-0.3, -0.25) is 4.68 Å². The van der Waals surface area contributed by atoms with Gasteiger partial charge in [0.25, 0.3) is 0 Å². The van der Waals surface area contributed by atoms with Crippen LogP contribution in [0.3, 0.4) is 0 Å². The molecule has 0 N–H and O–H groups in total. The molecule has 0 aliphatic carbocycles. The molecular weight excluding hydrogens is 284 g/mol. The zero-order chi connectivity index (χ0) is 12.9. The van der Waals surface area contributed by atoms with Crippen LogP contribution in [0.1, 0.15) is 44.1 Å². The SMILES string of the molecule is CC(C)(C)OC(=O)c1ccnn1CCCCBr. The molecule has 0 aromatic carbocycles. The van der Waals surface area contributed by atoms with Crippen molar-refractivity contribution in [2.75, 3.05) is 5.33 Å². The molecule has 0 atom stereocenters. The molecule has 0 saturated heterocycles. The number of aromatic nitrogens is 2. The van der Waals surface area contributed by atoms with Crippen molar-refractivity contribution < 1.29 is 9.53 Å². The maximum Gasteiger partial charge on any atom is 0.357 e. The van der Waals surface area contributed by atoms with Crippen LogP contribution in [0.15, 0.2) is 12.3 Å². The first kappa shape index (κ1) is 14.2. The Morgan fingerprint density at radius 1 is 1.47 bits per heavy atom. The van der Waals surface area contributed by atoms with Gasteiger partial charge in [0.2, 0.25) is 0 Å². The van der Waals surface area contributed by atoms with E-state index in [4.69, 9.17) is 4.74 Å². The number of esters is 1. The summed E-state index contributed by atoms with van der Waals surface area (Å²) in [5, 5.41) is 5.11. The van der Waals surface area contributed by atoms with Crippen molar-refractivity contribution in [1.82, 2.24) is 9.78 Å². The minimum atomic E-state index is -0.470. The standard InChI is InChI=1S/C12H19BrN2O2/c1-12(2,3)17-11(16)10-6-8-14-15(10)9-5-4-7-13/h6,8H,4-5,7,9H2,1-3H3. The highest BCUT2D eigenvalue weighted by atomic mass is 79.9. The van der Waals surface area contributed by atoms with Crippen LogP contribution < -0.4 is 0 Å². The number of alkyl halides is 1. The van der Waals surface area contributed by atoms with Crippen LogP contribution in [0, 0.1) is 0 Å². The maximum atomic E-state index is 11.9. The number of rotatable bonds is 5. The molecule has 0 fully saturated rings. The molecule has 4 nitrogen and oxygen atoms in total. The third-order valence-electron chi connectivity index (χ3n) is 2.08. The van der Waals surface area contributed by atoms with Crippen molar-refractivity contribution in [1.29, 1.82) is 0 Å². The van der Waals surface area contributed by atoms with E-state index < -0.39 is 5.60 Å². The van der Waals surface area contributed by atoms with E-state index in [0.717, 1.165) is 24.7 Å². The summed E-state index contributed by atoms with van der Waals surface area (Å²) in [6, 6.07) is 1.70. The summed E-state index contributed by atoms with van der Waals surface area (Å²) in [7, 11) is 0. The Kier molecular flexibility index (Phi) is 5.18. The molecular formula is C12H19BrN2O2. The molecule has 1 heterocycles. The summed E-state index contributed by atoms with van der Waals surface area (Å²) in [5.41, 5.74) is 0.0525. The quantitative estimate of drug-likeness (QED) is 0.477. The smallest absolute Gasteiger partial charge is 0.357 e. The third kappa shape index (κ3) is 4.89. The predicted octanol–water partition coefficient (Wildman–Crippen LogP) is 3.01.